The topological polar surface area (TPSA) is 64.1 Å². The molecule has 0 saturated heterocycles. The fraction of sp³-hybridized carbons (Fsp3) is 0.214. The van der Waals surface area contributed by atoms with E-state index in [0.717, 1.165) is 11.3 Å². The zero-order valence-electron chi connectivity index (χ0n) is 10.5. The van der Waals surface area contributed by atoms with E-state index in [0.29, 0.717) is 23.7 Å². The maximum atomic E-state index is 12.1. The summed E-state index contributed by atoms with van der Waals surface area (Å²) >= 11 is 6.00. The molecular formula is C14H12ClN3O2. The third-order valence-electron chi connectivity index (χ3n) is 3.11. The maximum Gasteiger partial charge on any atom is 0.271 e. The SMILES string of the molecule is O=C(NC1CCOc2ccc(Cl)cc21)c1cnccn1. The van der Waals surface area contributed by atoms with Crippen molar-refractivity contribution in [3.05, 3.63) is 53.1 Å². The van der Waals surface area contributed by atoms with Gasteiger partial charge in [0.1, 0.15) is 11.4 Å². The Labute approximate surface area is 121 Å². The maximum absolute atomic E-state index is 12.1. The van der Waals surface area contributed by atoms with Gasteiger partial charge in [-0.25, -0.2) is 4.98 Å². The largest absolute Gasteiger partial charge is 0.493 e. The van der Waals surface area contributed by atoms with E-state index in [1.165, 1.54) is 18.6 Å². The van der Waals surface area contributed by atoms with Gasteiger partial charge in [-0.1, -0.05) is 11.6 Å². The van der Waals surface area contributed by atoms with Gasteiger partial charge in [-0.15, -0.1) is 0 Å². The molecule has 1 amide bonds. The number of carbonyl (C=O) groups is 1. The van der Waals surface area contributed by atoms with Gasteiger partial charge in [0.25, 0.3) is 5.91 Å². The highest BCUT2D eigenvalue weighted by atomic mass is 35.5. The molecule has 1 aromatic carbocycles. The number of benzene rings is 1. The van der Waals surface area contributed by atoms with E-state index >= 15 is 0 Å². The van der Waals surface area contributed by atoms with Crippen LogP contribution in [0.4, 0.5) is 0 Å². The molecule has 20 heavy (non-hydrogen) atoms. The van der Waals surface area contributed by atoms with Crippen LogP contribution in [0.2, 0.25) is 5.02 Å². The van der Waals surface area contributed by atoms with E-state index in [2.05, 4.69) is 15.3 Å². The number of halogens is 1. The molecular weight excluding hydrogens is 278 g/mol. The van der Waals surface area contributed by atoms with Gasteiger partial charge in [-0.05, 0) is 18.2 Å². The van der Waals surface area contributed by atoms with Crippen molar-refractivity contribution in [2.75, 3.05) is 6.61 Å². The number of amides is 1. The monoisotopic (exact) mass is 289 g/mol. The Hall–Kier alpha value is -2.14. The van der Waals surface area contributed by atoms with Crippen molar-refractivity contribution in [2.24, 2.45) is 0 Å². The molecule has 0 bridgehead atoms. The highest BCUT2D eigenvalue weighted by Gasteiger charge is 2.24. The van der Waals surface area contributed by atoms with Crippen LogP contribution >= 0.6 is 11.6 Å². The Morgan fingerprint density at radius 1 is 1.40 bits per heavy atom. The lowest BCUT2D eigenvalue weighted by Gasteiger charge is -2.26. The van der Waals surface area contributed by atoms with Crippen molar-refractivity contribution in [3.63, 3.8) is 0 Å². The number of nitrogens with zero attached hydrogens (tertiary/aromatic N) is 2. The molecule has 1 aliphatic heterocycles. The van der Waals surface area contributed by atoms with Gasteiger partial charge in [0.2, 0.25) is 0 Å². The van der Waals surface area contributed by atoms with Gasteiger partial charge < -0.3 is 10.1 Å². The summed E-state index contributed by atoms with van der Waals surface area (Å²) in [6, 6.07) is 5.27. The molecule has 0 spiro atoms. The van der Waals surface area contributed by atoms with Crippen LogP contribution in [0.1, 0.15) is 28.5 Å². The number of nitrogens with one attached hydrogen (secondary N) is 1. The molecule has 0 radical (unpaired) electrons. The number of ether oxygens (including phenoxy) is 1. The molecule has 1 unspecified atom stereocenters. The summed E-state index contributed by atoms with van der Waals surface area (Å²) in [5.74, 6) is 0.501. The third kappa shape index (κ3) is 2.58. The number of carbonyl (C=O) groups excluding carboxylic acids is 1. The predicted molar refractivity (Wildman–Crippen MR) is 73.8 cm³/mol. The first kappa shape index (κ1) is 12.9. The minimum absolute atomic E-state index is 0.132. The van der Waals surface area contributed by atoms with E-state index in [4.69, 9.17) is 16.3 Å². The fourth-order valence-electron chi connectivity index (χ4n) is 2.16. The normalized spacial score (nSPS) is 16.9. The second kappa shape index (κ2) is 5.46. The van der Waals surface area contributed by atoms with Gasteiger partial charge in [0, 0.05) is 29.4 Å². The Morgan fingerprint density at radius 2 is 2.30 bits per heavy atom. The van der Waals surface area contributed by atoms with Crippen LogP contribution in [-0.2, 0) is 0 Å². The van der Waals surface area contributed by atoms with Crippen molar-refractivity contribution in [3.8, 4) is 5.75 Å². The highest BCUT2D eigenvalue weighted by Crippen LogP contribution is 2.34. The number of fused-ring (bicyclic) bond motifs is 1. The van der Waals surface area contributed by atoms with E-state index in [1.807, 2.05) is 12.1 Å². The van der Waals surface area contributed by atoms with Gasteiger partial charge in [0.15, 0.2) is 0 Å². The fourth-order valence-corrected chi connectivity index (χ4v) is 2.34. The molecule has 3 rings (SSSR count). The Kier molecular flexibility index (Phi) is 3.52. The Balaban J connectivity index is 1.83. The summed E-state index contributed by atoms with van der Waals surface area (Å²) in [5, 5.41) is 3.56. The minimum atomic E-state index is -0.254. The summed E-state index contributed by atoms with van der Waals surface area (Å²) in [6.45, 7) is 0.556. The number of hydrogen-bond donors (Lipinski definition) is 1. The van der Waals surface area contributed by atoms with Crippen molar-refractivity contribution < 1.29 is 9.53 Å². The van der Waals surface area contributed by atoms with Gasteiger partial charge in [0.05, 0.1) is 18.8 Å². The summed E-state index contributed by atoms with van der Waals surface area (Å²) < 4.78 is 5.56. The highest BCUT2D eigenvalue weighted by molar-refractivity contribution is 6.30. The zero-order valence-corrected chi connectivity index (χ0v) is 11.3. The molecule has 0 saturated carbocycles. The molecule has 1 atom stereocenters. The van der Waals surface area contributed by atoms with Gasteiger partial charge in [-0.2, -0.15) is 0 Å². The predicted octanol–water partition coefficient (Wildman–Crippen LogP) is 2.38. The van der Waals surface area contributed by atoms with Gasteiger partial charge >= 0.3 is 0 Å². The van der Waals surface area contributed by atoms with Gasteiger partial charge in [-0.3, -0.25) is 9.78 Å². The lowest BCUT2D eigenvalue weighted by atomic mass is 10.0. The number of hydrogen-bond acceptors (Lipinski definition) is 4. The second-order valence-corrected chi connectivity index (χ2v) is 4.87. The quantitative estimate of drug-likeness (QED) is 0.922. The third-order valence-corrected chi connectivity index (χ3v) is 3.35. The molecule has 1 aromatic heterocycles. The average molecular weight is 290 g/mol. The van der Waals surface area contributed by atoms with Crippen LogP contribution < -0.4 is 10.1 Å². The molecule has 2 aromatic rings. The first-order valence-electron chi connectivity index (χ1n) is 6.23. The van der Waals surface area contributed by atoms with Crippen LogP contribution in [0.3, 0.4) is 0 Å². The first-order chi connectivity index (χ1) is 9.74. The summed E-state index contributed by atoms with van der Waals surface area (Å²) in [7, 11) is 0. The first-order valence-corrected chi connectivity index (χ1v) is 6.61. The average Bonchev–Trinajstić information content (AvgIpc) is 2.49. The number of rotatable bonds is 2. The van der Waals surface area contributed by atoms with Crippen LogP contribution in [-0.4, -0.2) is 22.5 Å². The van der Waals surface area contributed by atoms with Crippen LogP contribution in [0.15, 0.2) is 36.8 Å². The minimum Gasteiger partial charge on any atom is -0.493 e. The van der Waals surface area contributed by atoms with Crippen molar-refractivity contribution in [1.29, 1.82) is 0 Å². The molecule has 0 aliphatic carbocycles. The van der Waals surface area contributed by atoms with E-state index in [1.54, 1.807) is 6.07 Å². The van der Waals surface area contributed by atoms with Crippen molar-refractivity contribution in [1.82, 2.24) is 15.3 Å². The molecule has 6 heteroatoms. The second-order valence-electron chi connectivity index (χ2n) is 4.44. The zero-order chi connectivity index (χ0) is 13.9. The van der Waals surface area contributed by atoms with Crippen molar-refractivity contribution >= 4 is 17.5 Å². The molecule has 5 nitrogen and oxygen atoms in total. The molecule has 0 fully saturated rings. The smallest absolute Gasteiger partial charge is 0.271 e. The summed E-state index contributed by atoms with van der Waals surface area (Å²) in [6.07, 6.45) is 5.15. The lowest BCUT2D eigenvalue weighted by Crippen LogP contribution is -2.32. The van der Waals surface area contributed by atoms with E-state index < -0.39 is 0 Å². The lowest BCUT2D eigenvalue weighted by molar-refractivity contribution is 0.0919. The molecule has 102 valence electrons. The number of aromatic nitrogens is 2. The summed E-state index contributed by atoms with van der Waals surface area (Å²) in [5.41, 5.74) is 1.18. The van der Waals surface area contributed by atoms with Crippen LogP contribution in [0.25, 0.3) is 0 Å². The van der Waals surface area contributed by atoms with Crippen molar-refractivity contribution in [2.45, 2.75) is 12.5 Å². The summed E-state index contributed by atoms with van der Waals surface area (Å²) in [4.78, 5) is 20.0. The van der Waals surface area contributed by atoms with Crippen LogP contribution in [0, 0.1) is 0 Å². The standard InChI is InChI=1S/C14H12ClN3O2/c15-9-1-2-13-10(7-9)11(3-6-20-13)18-14(19)12-8-16-4-5-17-12/h1-2,4-5,7-8,11H,3,6H2,(H,18,19). The van der Waals surface area contributed by atoms with E-state index in [9.17, 15) is 4.79 Å². The molecule has 1 aliphatic rings. The van der Waals surface area contributed by atoms with E-state index in [-0.39, 0.29) is 11.9 Å². The molecule has 1 N–H and O–H groups in total. The van der Waals surface area contributed by atoms with Crippen LogP contribution in [0.5, 0.6) is 5.75 Å². The Morgan fingerprint density at radius 3 is 3.10 bits per heavy atom. The Bertz CT molecular complexity index is 634. The molecule has 2 heterocycles.